The molecule has 0 spiro atoms. The molecule has 19 heavy (non-hydrogen) atoms. The first kappa shape index (κ1) is 13.4. The third kappa shape index (κ3) is 2.85. The molecule has 0 aliphatic carbocycles. The second-order valence-corrected chi connectivity index (χ2v) is 4.73. The van der Waals surface area contributed by atoms with Crippen molar-refractivity contribution in [2.24, 2.45) is 5.92 Å². The number of aliphatic carboxylic acids is 1. The van der Waals surface area contributed by atoms with Gasteiger partial charge in [0.25, 0.3) is 0 Å². The summed E-state index contributed by atoms with van der Waals surface area (Å²) >= 11 is 0. The van der Waals surface area contributed by atoms with Crippen molar-refractivity contribution < 1.29 is 9.90 Å². The van der Waals surface area contributed by atoms with Crippen molar-refractivity contribution in [3.05, 3.63) is 34.2 Å². The van der Waals surface area contributed by atoms with E-state index in [9.17, 15) is 9.59 Å². The van der Waals surface area contributed by atoms with Crippen molar-refractivity contribution in [2.75, 3.05) is 7.05 Å². The lowest BCUT2D eigenvalue weighted by Crippen LogP contribution is -2.25. The zero-order chi connectivity index (χ0) is 14.0. The zero-order valence-electron chi connectivity index (χ0n) is 10.9. The van der Waals surface area contributed by atoms with Crippen molar-refractivity contribution in [2.45, 2.75) is 19.4 Å². The summed E-state index contributed by atoms with van der Waals surface area (Å²) in [6.45, 7) is 1.89. The maximum Gasteiger partial charge on any atom is 0.323 e. The first-order valence-corrected chi connectivity index (χ1v) is 6.12. The molecule has 2 rings (SSSR count). The highest BCUT2D eigenvalue weighted by molar-refractivity contribution is 5.75. The Morgan fingerprint density at radius 2 is 2.05 bits per heavy atom. The highest BCUT2D eigenvalue weighted by atomic mass is 16.4. The minimum absolute atomic E-state index is 0.0504. The predicted octanol–water partition coefficient (Wildman–Crippen LogP) is 1.23. The van der Waals surface area contributed by atoms with E-state index in [0.717, 1.165) is 16.6 Å². The molecule has 4 N–H and O–H groups in total. The molecule has 0 fully saturated rings. The number of nitrogens with one attached hydrogen (secondary N) is 3. The van der Waals surface area contributed by atoms with Crippen LogP contribution in [0.1, 0.15) is 24.9 Å². The lowest BCUT2D eigenvalue weighted by atomic mass is 9.92. The fourth-order valence-corrected chi connectivity index (χ4v) is 2.42. The van der Waals surface area contributed by atoms with E-state index in [1.54, 1.807) is 7.05 Å². The van der Waals surface area contributed by atoms with Gasteiger partial charge < -0.3 is 20.4 Å². The number of carbonyl (C=O) groups is 1. The van der Waals surface area contributed by atoms with Gasteiger partial charge in [0.1, 0.15) is 0 Å². The van der Waals surface area contributed by atoms with E-state index in [1.807, 2.05) is 25.1 Å². The molecule has 0 radical (unpaired) electrons. The Morgan fingerprint density at radius 3 is 2.68 bits per heavy atom. The number of fused-ring (bicyclic) bond motifs is 1. The van der Waals surface area contributed by atoms with Crippen molar-refractivity contribution in [1.82, 2.24) is 15.3 Å². The number of aromatic nitrogens is 2. The van der Waals surface area contributed by atoms with Crippen LogP contribution < -0.4 is 11.0 Å². The van der Waals surface area contributed by atoms with Gasteiger partial charge in [-0.25, -0.2) is 4.79 Å². The lowest BCUT2D eigenvalue weighted by Gasteiger charge is -2.22. The number of H-pyrrole nitrogens is 2. The Morgan fingerprint density at radius 1 is 1.37 bits per heavy atom. The first-order chi connectivity index (χ1) is 9.01. The molecule has 1 heterocycles. The molecule has 2 aromatic rings. The molecule has 6 nitrogen and oxygen atoms in total. The highest BCUT2D eigenvalue weighted by Crippen LogP contribution is 2.25. The van der Waals surface area contributed by atoms with Crippen LogP contribution in [-0.2, 0) is 4.79 Å². The fourth-order valence-electron chi connectivity index (χ4n) is 2.42. The van der Waals surface area contributed by atoms with Crippen LogP contribution in [0.2, 0.25) is 0 Å². The second-order valence-electron chi connectivity index (χ2n) is 4.73. The molecule has 0 saturated heterocycles. The Balaban J connectivity index is 2.34. The van der Waals surface area contributed by atoms with Gasteiger partial charge in [0.15, 0.2) is 0 Å². The smallest absolute Gasteiger partial charge is 0.323 e. The van der Waals surface area contributed by atoms with Crippen LogP contribution in [0.5, 0.6) is 0 Å². The summed E-state index contributed by atoms with van der Waals surface area (Å²) in [6, 6.07) is 5.51. The van der Waals surface area contributed by atoms with E-state index < -0.39 is 5.97 Å². The van der Waals surface area contributed by atoms with Gasteiger partial charge in [0.2, 0.25) is 0 Å². The number of hydrogen-bond acceptors (Lipinski definition) is 3. The lowest BCUT2D eigenvalue weighted by molar-refractivity contribution is -0.138. The standard InChI is InChI=1S/C13H17N3O3/c1-7(5-11(17)18)12(14-2)8-3-4-9-10(6-8)16-13(19)15-9/h3-4,6-7,12,14H,5H2,1-2H3,(H,17,18)(H2,15,16,19). The molecule has 0 aliphatic heterocycles. The molecule has 2 unspecified atom stereocenters. The number of hydrogen-bond donors (Lipinski definition) is 4. The van der Waals surface area contributed by atoms with Crippen LogP contribution in [0.15, 0.2) is 23.0 Å². The SMILES string of the molecule is CNC(c1ccc2[nH]c(=O)[nH]c2c1)C(C)CC(=O)O. The minimum Gasteiger partial charge on any atom is -0.481 e. The predicted molar refractivity (Wildman–Crippen MR) is 72.1 cm³/mol. The number of rotatable bonds is 5. The van der Waals surface area contributed by atoms with E-state index in [1.165, 1.54) is 0 Å². The summed E-state index contributed by atoms with van der Waals surface area (Å²) in [4.78, 5) is 27.4. The van der Waals surface area contributed by atoms with Crippen LogP contribution in [0, 0.1) is 5.92 Å². The van der Waals surface area contributed by atoms with Crippen LogP contribution in [-0.4, -0.2) is 28.1 Å². The third-order valence-corrected chi connectivity index (χ3v) is 3.28. The first-order valence-electron chi connectivity index (χ1n) is 6.12. The number of carboxylic acids is 1. The average Bonchev–Trinajstić information content (AvgIpc) is 2.68. The van der Waals surface area contributed by atoms with Gasteiger partial charge in [-0.15, -0.1) is 0 Å². The number of imidazole rings is 1. The van der Waals surface area contributed by atoms with Gasteiger partial charge in [0.05, 0.1) is 11.0 Å². The summed E-state index contributed by atoms with van der Waals surface area (Å²) in [5.41, 5.74) is 2.19. The van der Waals surface area contributed by atoms with E-state index in [2.05, 4.69) is 15.3 Å². The molecular formula is C13H17N3O3. The van der Waals surface area contributed by atoms with Gasteiger partial charge in [-0.2, -0.15) is 0 Å². The molecule has 6 heteroatoms. The normalized spacial score (nSPS) is 14.4. The van der Waals surface area contributed by atoms with Gasteiger partial charge >= 0.3 is 11.7 Å². The van der Waals surface area contributed by atoms with Crippen LogP contribution in [0.25, 0.3) is 11.0 Å². The van der Waals surface area contributed by atoms with Crippen molar-refractivity contribution in [3.63, 3.8) is 0 Å². The molecule has 0 saturated carbocycles. The highest BCUT2D eigenvalue weighted by Gasteiger charge is 2.20. The van der Waals surface area contributed by atoms with Gasteiger partial charge in [-0.1, -0.05) is 13.0 Å². The topological polar surface area (TPSA) is 98.0 Å². The molecule has 2 atom stereocenters. The number of carboxylic acid groups (broad SMARTS) is 1. The molecule has 1 aromatic heterocycles. The van der Waals surface area contributed by atoms with Crippen molar-refractivity contribution >= 4 is 17.0 Å². The molecule has 0 amide bonds. The summed E-state index contributed by atoms with van der Waals surface area (Å²) < 4.78 is 0. The minimum atomic E-state index is -0.816. The largest absolute Gasteiger partial charge is 0.481 e. The van der Waals surface area contributed by atoms with Crippen LogP contribution >= 0.6 is 0 Å². The van der Waals surface area contributed by atoms with Crippen LogP contribution in [0.3, 0.4) is 0 Å². The van der Waals surface area contributed by atoms with Crippen molar-refractivity contribution in [3.8, 4) is 0 Å². The third-order valence-electron chi connectivity index (χ3n) is 3.28. The number of benzene rings is 1. The Bertz CT molecular complexity index is 644. The Hall–Kier alpha value is -2.08. The zero-order valence-corrected chi connectivity index (χ0v) is 10.9. The molecule has 0 bridgehead atoms. The maximum absolute atomic E-state index is 11.2. The molecule has 0 aliphatic rings. The summed E-state index contributed by atoms with van der Waals surface area (Å²) in [5, 5.41) is 12.0. The quantitative estimate of drug-likeness (QED) is 0.652. The second kappa shape index (κ2) is 5.27. The van der Waals surface area contributed by atoms with Gasteiger partial charge in [-0.05, 0) is 30.7 Å². The Kier molecular flexibility index (Phi) is 3.71. The Labute approximate surface area is 109 Å². The van der Waals surface area contributed by atoms with Gasteiger partial charge in [-0.3, -0.25) is 4.79 Å². The van der Waals surface area contributed by atoms with E-state index >= 15 is 0 Å². The number of aromatic amines is 2. The fraction of sp³-hybridized carbons (Fsp3) is 0.385. The maximum atomic E-state index is 11.2. The monoisotopic (exact) mass is 263 g/mol. The van der Waals surface area contributed by atoms with Crippen LogP contribution in [0.4, 0.5) is 0 Å². The van der Waals surface area contributed by atoms with E-state index in [-0.39, 0.29) is 24.1 Å². The van der Waals surface area contributed by atoms with Gasteiger partial charge in [0, 0.05) is 12.5 Å². The van der Waals surface area contributed by atoms with Crippen molar-refractivity contribution in [1.29, 1.82) is 0 Å². The average molecular weight is 263 g/mol. The summed E-state index contributed by atoms with van der Waals surface area (Å²) in [6.07, 6.45) is 0.0905. The molecular weight excluding hydrogens is 246 g/mol. The summed E-state index contributed by atoms with van der Waals surface area (Å²) in [7, 11) is 1.80. The molecule has 102 valence electrons. The van der Waals surface area contributed by atoms with E-state index in [0.29, 0.717) is 0 Å². The summed E-state index contributed by atoms with van der Waals surface area (Å²) in [5.74, 6) is -0.866. The molecule has 1 aromatic carbocycles. The van der Waals surface area contributed by atoms with E-state index in [4.69, 9.17) is 5.11 Å².